The highest BCUT2D eigenvalue weighted by molar-refractivity contribution is 7.15. The van der Waals surface area contributed by atoms with E-state index in [1.807, 2.05) is 25.3 Å². The maximum atomic E-state index is 4.45. The number of anilines is 1. The van der Waals surface area contributed by atoms with E-state index in [1.54, 1.807) is 0 Å². The molecule has 0 saturated carbocycles. The van der Waals surface area contributed by atoms with Crippen LogP contribution in [0.25, 0.3) is 21.2 Å². The predicted molar refractivity (Wildman–Crippen MR) is 124 cm³/mol. The van der Waals surface area contributed by atoms with Crippen molar-refractivity contribution in [2.45, 2.75) is 33.4 Å². The predicted octanol–water partition coefficient (Wildman–Crippen LogP) is 5.87. The molecule has 4 aromatic rings. The van der Waals surface area contributed by atoms with E-state index in [4.69, 9.17) is 0 Å². The zero-order chi connectivity index (χ0) is 20.4. The zero-order valence-electron chi connectivity index (χ0n) is 17.3. The van der Waals surface area contributed by atoms with Crippen molar-refractivity contribution in [2.75, 3.05) is 12.4 Å². The molecule has 4 rings (SSSR count). The summed E-state index contributed by atoms with van der Waals surface area (Å²) in [5, 5.41) is 17.9. The molecular weight excluding hydrogens is 376 g/mol. The molecule has 0 amide bonds. The van der Waals surface area contributed by atoms with Crippen LogP contribution in [0.4, 0.5) is 5.82 Å². The molecule has 0 aliphatic rings. The van der Waals surface area contributed by atoms with Crippen LogP contribution in [0.2, 0.25) is 0 Å². The van der Waals surface area contributed by atoms with Crippen molar-refractivity contribution in [1.82, 2.24) is 15.5 Å². The molecule has 0 bridgehead atoms. The summed E-state index contributed by atoms with van der Waals surface area (Å²) in [6.07, 6.45) is 0. The molecule has 2 aromatic heterocycles. The molecule has 0 radical (unpaired) electrons. The first-order valence-corrected chi connectivity index (χ1v) is 10.7. The average molecular weight is 403 g/mol. The number of hydrogen-bond acceptors (Lipinski definition) is 5. The summed E-state index contributed by atoms with van der Waals surface area (Å²) in [7, 11) is 1.98. The number of thiophene rings is 1. The van der Waals surface area contributed by atoms with Gasteiger partial charge in [0.05, 0.1) is 11.7 Å². The van der Waals surface area contributed by atoms with Gasteiger partial charge < -0.3 is 10.6 Å². The average Bonchev–Trinajstić information content (AvgIpc) is 3.21. The van der Waals surface area contributed by atoms with E-state index in [2.05, 4.69) is 89.3 Å². The highest BCUT2D eigenvalue weighted by atomic mass is 32.1. The Morgan fingerprint density at radius 1 is 0.966 bits per heavy atom. The maximum absolute atomic E-state index is 4.45. The number of aromatic nitrogens is 2. The monoisotopic (exact) mass is 402 g/mol. The first-order valence-electron chi connectivity index (χ1n) is 9.89. The van der Waals surface area contributed by atoms with Gasteiger partial charge in [-0.2, -0.15) is 5.10 Å². The maximum Gasteiger partial charge on any atom is 0.157 e. The SMILES string of the molecule is CNCc1ccccc1-c1ccc(C(C)Nc2nnc(C)c3ccc(C)cc23)s1. The van der Waals surface area contributed by atoms with Crippen LogP contribution in [-0.4, -0.2) is 17.2 Å². The van der Waals surface area contributed by atoms with Crippen molar-refractivity contribution in [1.29, 1.82) is 0 Å². The van der Waals surface area contributed by atoms with Gasteiger partial charge in [-0.25, -0.2) is 0 Å². The molecule has 2 heterocycles. The van der Waals surface area contributed by atoms with Crippen LogP contribution in [0.15, 0.2) is 54.6 Å². The van der Waals surface area contributed by atoms with Gasteiger partial charge in [0.1, 0.15) is 0 Å². The lowest BCUT2D eigenvalue weighted by Gasteiger charge is -2.15. The molecule has 1 unspecified atom stereocenters. The van der Waals surface area contributed by atoms with Gasteiger partial charge in [-0.1, -0.05) is 42.0 Å². The minimum atomic E-state index is 0.144. The molecule has 2 N–H and O–H groups in total. The van der Waals surface area contributed by atoms with Gasteiger partial charge in [-0.05, 0) is 57.1 Å². The summed E-state index contributed by atoms with van der Waals surface area (Å²) >= 11 is 1.83. The van der Waals surface area contributed by atoms with Gasteiger partial charge in [0.25, 0.3) is 0 Å². The number of hydrogen-bond donors (Lipinski definition) is 2. The summed E-state index contributed by atoms with van der Waals surface area (Å²) in [4.78, 5) is 2.57. The van der Waals surface area contributed by atoms with Crippen LogP contribution in [0.1, 0.15) is 34.7 Å². The second-order valence-electron chi connectivity index (χ2n) is 7.44. The van der Waals surface area contributed by atoms with E-state index in [-0.39, 0.29) is 6.04 Å². The number of fused-ring (bicyclic) bond motifs is 1. The third-order valence-electron chi connectivity index (χ3n) is 5.18. The van der Waals surface area contributed by atoms with E-state index in [9.17, 15) is 0 Å². The Kier molecular flexibility index (Phi) is 5.60. The molecule has 5 heteroatoms. The van der Waals surface area contributed by atoms with Gasteiger partial charge in [0, 0.05) is 27.1 Å². The molecule has 1 atom stereocenters. The topological polar surface area (TPSA) is 49.8 Å². The first kappa shape index (κ1) is 19.6. The molecule has 2 aromatic carbocycles. The van der Waals surface area contributed by atoms with Crippen molar-refractivity contribution in [2.24, 2.45) is 0 Å². The minimum Gasteiger partial charge on any atom is -0.361 e. The molecule has 0 saturated heterocycles. The molecule has 29 heavy (non-hydrogen) atoms. The minimum absolute atomic E-state index is 0.144. The summed E-state index contributed by atoms with van der Waals surface area (Å²) in [6.45, 7) is 7.16. The number of aryl methyl sites for hydroxylation is 2. The van der Waals surface area contributed by atoms with E-state index < -0.39 is 0 Å². The Morgan fingerprint density at radius 3 is 2.62 bits per heavy atom. The molecule has 0 aliphatic carbocycles. The van der Waals surface area contributed by atoms with Crippen LogP contribution < -0.4 is 10.6 Å². The third-order valence-corrected chi connectivity index (χ3v) is 6.48. The van der Waals surface area contributed by atoms with Gasteiger partial charge in [-0.15, -0.1) is 16.4 Å². The Labute approximate surface area is 176 Å². The lowest BCUT2D eigenvalue weighted by molar-refractivity contribution is 0.820. The standard InChI is InChI=1S/C24H26N4S/c1-15-9-10-19-16(2)27-28-24(21(19)13-15)26-17(3)22-11-12-23(29-22)20-8-6-5-7-18(20)14-25-4/h5-13,17,25H,14H2,1-4H3,(H,26,28). The molecule has 148 valence electrons. The van der Waals surface area contributed by atoms with Crippen LogP contribution in [-0.2, 0) is 6.54 Å². The lowest BCUT2D eigenvalue weighted by atomic mass is 10.1. The Bertz CT molecular complexity index is 1150. The van der Waals surface area contributed by atoms with Crippen molar-refractivity contribution in [3.8, 4) is 10.4 Å². The van der Waals surface area contributed by atoms with Crippen molar-refractivity contribution in [3.63, 3.8) is 0 Å². The normalized spacial score (nSPS) is 12.3. The number of nitrogens with zero attached hydrogens (tertiary/aromatic N) is 2. The zero-order valence-corrected chi connectivity index (χ0v) is 18.1. The lowest BCUT2D eigenvalue weighted by Crippen LogP contribution is -2.08. The Hall–Kier alpha value is -2.76. The first-order chi connectivity index (χ1) is 14.1. The fourth-order valence-corrected chi connectivity index (χ4v) is 4.69. The van der Waals surface area contributed by atoms with Gasteiger partial charge >= 0.3 is 0 Å². The van der Waals surface area contributed by atoms with Crippen LogP contribution in [0, 0.1) is 13.8 Å². The van der Waals surface area contributed by atoms with E-state index in [0.717, 1.165) is 28.8 Å². The number of rotatable bonds is 6. The van der Waals surface area contributed by atoms with Crippen LogP contribution in [0.5, 0.6) is 0 Å². The molecule has 4 nitrogen and oxygen atoms in total. The fourth-order valence-electron chi connectivity index (χ4n) is 3.62. The third kappa shape index (κ3) is 4.02. The fraction of sp³-hybridized carbons (Fsp3) is 0.250. The van der Waals surface area contributed by atoms with E-state index in [0.29, 0.717) is 0 Å². The highest BCUT2D eigenvalue weighted by Crippen LogP contribution is 2.35. The van der Waals surface area contributed by atoms with Crippen LogP contribution in [0.3, 0.4) is 0 Å². The van der Waals surface area contributed by atoms with Crippen molar-refractivity contribution in [3.05, 3.63) is 76.3 Å². The van der Waals surface area contributed by atoms with Gasteiger partial charge in [0.15, 0.2) is 5.82 Å². The summed E-state index contributed by atoms with van der Waals surface area (Å²) < 4.78 is 0. The summed E-state index contributed by atoms with van der Waals surface area (Å²) in [6, 6.07) is 19.6. The Balaban J connectivity index is 1.63. The van der Waals surface area contributed by atoms with Gasteiger partial charge in [0.2, 0.25) is 0 Å². The Morgan fingerprint density at radius 2 is 1.79 bits per heavy atom. The highest BCUT2D eigenvalue weighted by Gasteiger charge is 2.14. The van der Waals surface area contributed by atoms with Crippen molar-refractivity contribution < 1.29 is 0 Å². The smallest absolute Gasteiger partial charge is 0.157 e. The summed E-state index contributed by atoms with van der Waals surface area (Å²) in [5.41, 5.74) is 4.79. The number of benzene rings is 2. The quantitative estimate of drug-likeness (QED) is 0.424. The second kappa shape index (κ2) is 8.31. The van der Waals surface area contributed by atoms with Crippen LogP contribution >= 0.6 is 11.3 Å². The number of nitrogens with one attached hydrogen (secondary N) is 2. The molecule has 0 spiro atoms. The van der Waals surface area contributed by atoms with E-state index in [1.165, 1.54) is 26.4 Å². The van der Waals surface area contributed by atoms with E-state index >= 15 is 0 Å². The van der Waals surface area contributed by atoms with Gasteiger partial charge in [-0.3, -0.25) is 0 Å². The molecule has 0 aliphatic heterocycles. The van der Waals surface area contributed by atoms with Crippen molar-refractivity contribution >= 4 is 27.9 Å². The molecule has 0 fully saturated rings. The second-order valence-corrected chi connectivity index (χ2v) is 8.55. The largest absolute Gasteiger partial charge is 0.361 e. The molecular formula is C24H26N4S. The summed E-state index contributed by atoms with van der Waals surface area (Å²) in [5.74, 6) is 0.840.